The van der Waals surface area contributed by atoms with Gasteiger partial charge in [0.2, 0.25) is 5.91 Å². The SMILES string of the molecule is CC1(C)C(=O)NCCN1c1cccc(Cl)c1C=O. The third-order valence-corrected chi connectivity index (χ3v) is 3.62. The van der Waals surface area contributed by atoms with Crippen LogP contribution in [-0.2, 0) is 4.79 Å². The summed E-state index contributed by atoms with van der Waals surface area (Å²) in [6.07, 6.45) is 0.736. The van der Waals surface area contributed by atoms with Crippen LogP contribution >= 0.6 is 11.6 Å². The lowest BCUT2D eigenvalue weighted by molar-refractivity contribution is -0.126. The van der Waals surface area contributed by atoms with Crippen LogP contribution in [0.3, 0.4) is 0 Å². The monoisotopic (exact) mass is 266 g/mol. The Labute approximate surface area is 111 Å². The molecule has 0 spiro atoms. The Hall–Kier alpha value is -1.55. The minimum absolute atomic E-state index is 0.0504. The average Bonchev–Trinajstić information content (AvgIpc) is 2.32. The number of aldehydes is 1. The van der Waals surface area contributed by atoms with Crippen LogP contribution in [0.15, 0.2) is 18.2 Å². The molecule has 0 bridgehead atoms. The van der Waals surface area contributed by atoms with E-state index in [0.717, 1.165) is 6.29 Å². The molecular formula is C13H15ClN2O2. The molecule has 18 heavy (non-hydrogen) atoms. The second-order valence-corrected chi connectivity index (χ2v) is 5.16. The molecule has 0 aromatic heterocycles. The number of hydrogen-bond acceptors (Lipinski definition) is 3. The van der Waals surface area contributed by atoms with Gasteiger partial charge in [-0.3, -0.25) is 9.59 Å². The molecule has 0 atom stereocenters. The highest BCUT2D eigenvalue weighted by molar-refractivity contribution is 6.33. The summed E-state index contributed by atoms with van der Waals surface area (Å²) in [7, 11) is 0. The fourth-order valence-corrected chi connectivity index (χ4v) is 2.41. The Morgan fingerprint density at radius 3 is 2.83 bits per heavy atom. The van der Waals surface area contributed by atoms with E-state index in [1.807, 2.05) is 24.8 Å². The van der Waals surface area contributed by atoms with Crippen LogP contribution < -0.4 is 10.2 Å². The largest absolute Gasteiger partial charge is 0.355 e. The van der Waals surface area contributed by atoms with E-state index < -0.39 is 5.54 Å². The number of rotatable bonds is 2. The van der Waals surface area contributed by atoms with Gasteiger partial charge in [0.15, 0.2) is 6.29 Å². The first-order chi connectivity index (χ1) is 8.48. The van der Waals surface area contributed by atoms with E-state index in [-0.39, 0.29) is 5.91 Å². The minimum Gasteiger partial charge on any atom is -0.355 e. The first kappa shape index (κ1) is 12.9. The predicted octanol–water partition coefficient (Wildman–Crippen LogP) is 1.87. The van der Waals surface area contributed by atoms with E-state index in [4.69, 9.17) is 11.6 Å². The summed E-state index contributed by atoms with van der Waals surface area (Å²) >= 11 is 6.02. The molecule has 2 rings (SSSR count). The van der Waals surface area contributed by atoms with Gasteiger partial charge in [0, 0.05) is 18.8 Å². The van der Waals surface area contributed by atoms with Crippen LogP contribution in [0, 0.1) is 0 Å². The zero-order valence-corrected chi connectivity index (χ0v) is 11.1. The number of anilines is 1. The third kappa shape index (κ3) is 1.97. The zero-order chi connectivity index (χ0) is 13.3. The highest BCUT2D eigenvalue weighted by Gasteiger charge is 2.38. The topological polar surface area (TPSA) is 49.4 Å². The third-order valence-electron chi connectivity index (χ3n) is 3.29. The van der Waals surface area contributed by atoms with Gasteiger partial charge in [-0.2, -0.15) is 0 Å². The van der Waals surface area contributed by atoms with Gasteiger partial charge in [0.25, 0.3) is 0 Å². The summed E-state index contributed by atoms with van der Waals surface area (Å²) in [6, 6.07) is 5.27. The lowest BCUT2D eigenvalue weighted by Gasteiger charge is -2.43. The number of hydrogen-bond donors (Lipinski definition) is 1. The quantitative estimate of drug-likeness (QED) is 0.832. The summed E-state index contributed by atoms with van der Waals surface area (Å²) in [6.45, 7) is 4.88. The molecule has 4 nitrogen and oxygen atoms in total. The number of carbonyl (C=O) groups is 2. The summed E-state index contributed by atoms with van der Waals surface area (Å²) in [5.41, 5.74) is 0.444. The molecule has 1 aliphatic heterocycles. The van der Waals surface area contributed by atoms with Crippen molar-refractivity contribution in [2.24, 2.45) is 0 Å². The molecule has 1 aliphatic rings. The van der Waals surface area contributed by atoms with Crippen LogP contribution in [0.1, 0.15) is 24.2 Å². The van der Waals surface area contributed by atoms with Crippen LogP contribution in [0.5, 0.6) is 0 Å². The summed E-state index contributed by atoms with van der Waals surface area (Å²) in [5, 5.41) is 3.23. The highest BCUT2D eigenvalue weighted by Crippen LogP contribution is 2.31. The number of carbonyl (C=O) groups excluding carboxylic acids is 2. The molecule has 1 aromatic rings. The molecule has 1 N–H and O–H groups in total. The predicted molar refractivity (Wildman–Crippen MR) is 71.3 cm³/mol. The fraction of sp³-hybridized carbons (Fsp3) is 0.385. The lowest BCUT2D eigenvalue weighted by atomic mass is 9.97. The van der Waals surface area contributed by atoms with Crippen molar-refractivity contribution in [1.29, 1.82) is 0 Å². The molecule has 0 aliphatic carbocycles. The number of amides is 1. The Kier molecular flexibility index (Phi) is 3.30. The van der Waals surface area contributed by atoms with E-state index in [1.54, 1.807) is 12.1 Å². The summed E-state index contributed by atoms with van der Waals surface area (Å²) < 4.78 is 0. The van der Waals surface area contributed by atoms with Crippen LogP contribution in [-0.4, -0.2) is 30.8 Å². The van der Waals surface area contributed by atoms with Crippen molar-refractivity contribution in [3.63, 3.8) is 0 Å². The molecular weight excluding hydrogens is 252 g/mol. The van der Waals surface area contributed by atoms with Crippen molar-refractivity contribution < 1.29 is 9.59 Å². The van der Waals surface area contributed by atoms with E-state index in [1.165, 1.54) is 0 Å². The maximum absolute atomic E-state index is 11.9. The maximum Gasteiger partial charge on any atom is 0.245 e. The van der Waals surface area contributed by atoms with Gasteiger partial charge in [-0.05, 0) is 26.0 Å². The maximum atomic E-state index is 11.9. The Morgan fingerprint density at radius 1 is 1.44 bits per heavy atom. The Bertz CT molecular complexity index is 500. The molecule has 0 radical (unpaired) electrons. The van der Waals surface area contributed by atoms with Gasteiger partial charge in [-0.25, -0.2) is 0 Å². The number of nitrogens with zero attached hydrogens (tertiary/aromatic N) is 1. The molecule has 1 saturated heterocycles. The Morgan fingerprint density at radius 2 is 2.17 bits per heavy atom. The van der Waals surface area contributed by atoms with Crippen molar-refractivity contribution in [2.45, 2.75) is 19.4 Å². The highest BCUT2D eigenvalue weighted by atomic mass is 35.5. The number of halogens is 1. The second-order valence-electron chi connectivity index (χ2n) is 4.76. The number of nitrogens with one attached hydrogen (secondary N) is 1. The van der Waals surface area contributed by atoms with E-state index in [2.05, 4.69) is 5.32 Å². The van der Waals surface area contributed by atoms with E-state index in [9.17, 15) is 9.59 Å². The molecule has 0 saturated carbocycles. The van der Waals surface area contributed by atoms with Crippen molar-refractivity contribution in [3.05, 3.63) is 28.8 Å². The smallest absolute Gasteiger partial charge is 0.245 e. The Balaban J connectivity index is 2.51. The number of piperazine rings is 1. The molecule has 5 heteroatoms. The first-order valence-electron chi connectivity index (χ1n) is 5.78. The van der Waals surface area contributed by atoms with E-state index >= 15 is 0 Å². The standard InChI is InChI=1S/C13H15ClN2O2/c1-13(2)12(18)15-6-7-16(13)11-5-3-4-10(14)9(11)8-17/h3-5,8H,6-7H2,1-2H3,(H,15,18). The van der Waals surface area contributed by atoms with E-state index in [0.29, 0.717) is 29.4 Å². The van der Waals surface area contributed by atoms with Gasteiger partial charge in [-0.1, -0.05) is 17.7 Å². The van der Waals surface area contributed by atoms with Crippen molar-refractivity contribution >= 4 is 29.5 Å². The van der Waals surface area contributed by atoms with Crippen molar-refractivity contribution in [1.82, 2.24) is 5.32 Å². The normalized spacial score (nSPS) is 18.4. The van der Waals surface area contributed by atoms with Gasteiger partial charge < -0.3 is 10.2 Å². The molecule has 0 unspecified atom stereocenters. The minimum atomic E-state index is -0.694. The molecule has 96 valence electrons. The summed E-state index contributed by atoms with van der Waals surface area (Å²) in [5.74, 6) is -0.0504. The van der Waals surface area contributed by atoms with Crippen molar-refractivity contribution in [2.75, 3.05) is 18.0 Å². The average molecular weight is 267 g/mol. The van der Waals surface area contributed by atoms with Crippen molar-refractivity contribution in [3.8, 4) is 0 Å². The van der Waals surface area contributed by atoms with Gasteiger partial charge in [0.1, 0.15) is 5.54 Å². The number of benzene rings is 1. The zero-order valence-electron chi connectivity index (χ0n) is 10.4. The lowest BCUT2D eigenvalue weighted by Crippen LogP contribution is -2.62. The summed E-state index contributed by atoms with van der Waals surface area (Å²) in [4.78, 5) is 25.0. The molecule has 1 aromatic carbocycles. The van der Waals surface area contributed by atoms with Crippen LogP contribution in [0.2, 0.25) is 5.02 Å². The molecule has 1 fully saturated rings. The molecule has 1 amide bonds. The van der Waals surface area contributed by atoms with Gasteiger partial charge in [-0.15, -0.1) is 0 Å². The first-order valence-corrected chi connectivity index (χ1v) is 6.16. The molecule has 1 heterocycles. The van der Waals surface area contributed by atoms with Gasteiger partial charge >= 0.3 is 0 Å². The second kappa shape index (κ2) is 4.61. The fourth-order valence-electron chi connectivity index (χ4n) is 2.20. The van der Waals surface area contributed by atoms with Crippen LogP contribution in [0.25, 0.3) is 0 Å². The van der Waals surface area contributed by atoms with Crippen LogP contribution in [0.4, 0.5) is 5.69 Å². The van der Waals surface area contributed by atoms with Gasteiger partial charge in [0.05, 0.1) is 10.6 Å².